The summed E-state index contributed by atoms with van der Waals surface area (Å²) in [5, 5.41) is 16.0. The molecule has 8 nitrogen and oxygen atoms in total. The Morgan fingerprint density at radius 2 is 1.91 bits per heavy atom. The number of rotatable bonds is 2. The first-order valence-electron chi connectivity index (χ1n) is 10.6. The van der Waals surface area contributed by atoms with Crippen LogP contribution in [0.1, 0.15) is 17.3 Å². The highest BCUT2D eigenvalue weighted by molar-refractivity contribution is 6.35. The van der Waals surface area contributed by atoms with E-state index in [0.717, 1.165) is 21.9 Å². The summed E-state index contributed by atoms with van der Waals surface area (Å²) >= 11 is 6.57. The van der Waals surface area contributed by atoms with E-state index >= 15 is 0 Å². The number of fused-ring (bicyclic) bond motifs is 2. The number of aromatic nitrogens is 3. The van der Waals surface area contributed by atoms with Crippen LogP contribution in [0.25, 0.3) is 33.1 Å². The second-order valence-corrected chi connectivity index (χ2v) is 8.78. The first-order valence-corrected chi connectivity index (χ1v) is 11.0. The van der Waals surface area contributed by atoms with Crippen LogP contribution in [-0.4, -0.2) is 67.3 Å². The van der Waals surface area contributed by atoms with Crippen LogP contribution in [0.3, 0.4) is 0 Å². The number of piperazine rings is 1. The molecule has 5 rings (SSSR count). The lowest BCUT2D eigenvalue weighted by atomic mass is 10.1. The molecule has 1 aliphatic rings. The zero-order valence-electron chi connectivity index (χ0n) is 18.2. The molecular weight excluding hydrogens is 442 g/mol. The Kier molecular flexibility index (Phi) is 5.17. The molecule has 9 heteroatoms. The van der Waals surface area contributed by atoms with Gasteiger partial charge in [-0.1, -0.05) is 23.7 Å². The lowest BCUT2D eigenvalue weighted by Gasteiger charge is -2.38. The quantitative estimate of drug-likeness (QED) is 0.479. The maximum atomic E-state index is 13.1. The molecule has 0 aliphatic carbocycles. The zero-order valence-corrected chi connectivity index (χ0v) is 19.0. The average molecular weight is 464 g/mol. The smallest absolute Gasteiger partial charge is 0.407 e. The van der Waals surface area contributed by atoms with Crippen molar-refractivity contribution >= 4 is 45.4 Å². The third-order valence-electron chi connectivity index (χ3n) is 6.08. The molecule has 4 aromatic rings. The molecule has 2 aromatic heterocycles. The Morgan fingerprint density at radius 1 is 1.09 bits per heavy atom. The van der Waals surface area contributed by atoms with Crippen LogP contribution in [0.5, 0.6) is 0 Å². The van der Waals surface area contributed by atoms with Gasteiger partial charge in [-0.05, 0) is 37.3 Å². The minimum atomic E-state index is -0.962. The van der Waals surface area contributed by atoms with Gasteiger partial charge in [0.1, 0.15) is 0 Å². The predicted octanol–water partition coefficient (Wildman–Crippen LogP) is 4.27. The number of carbonyl (C=O) groups excluding carboxylic acids is 1. The van der Waals surface area contributed by atoms with Gasteiger partial charge in [-0.25, -0.2) is 9.78 Å². The van der Waals surface area contributed by atoms with E-state index in [1.807, 2.05) is 43.6 Å². The summed E-state index contributed by atoms with van der Waals surface area (Å²) in [7, 11) is 1.88. The van der Waals surface area contributed by atoms with E-state index in [4.69, 9.17) is 16.6 Å². The molecule has 33 heavy (non-hydrogen) atoms. The number of halogens is 1. The number of hydrogen-bond donors (Lipinski definition) is 1. The van der Waals surface area contributed by atoms with Gasteiger partial charge in [0.15, 0.2) is 0 Å². The summed E-state index contributed by atoms with van der Waals surface area (Å²) in [4.78, 5) is 32.3. The Balaban J connectivity index is 1.48. The molecule has 1 N–H and O–H groups in total. The largest absolute Gasteiger partial charge is 0.465 e. The van der Waals surface area contributed by atoms with E-state index in [2.05, 4.69) is 5.10 Å². The Labute approximate surface area is 195 Å². The summed E-state index contributed by atoms with van der Waals surface area (Å²) in [5.74, 6) is -0.145. The van der Waals surface area contributed by atoms with Gasteiger partial charge in [-0.3, -0.25) is 9.48 Å². The van der Waals surface area contributed by atoms with Crippen LogP contribution in [0.15, 0.2) is 48.7 Å². The van der Waals surface area contributed by atoms with E-state index in [-0.39, 0.29) is 11.9 Å². The summed E-state index contributed by atoms with van der Waals surface area (Å²) in [6.45, 7) is 2.80. The summed E-state index contributed by atoms with van der Waals surface area (Å²) in [6.07, 6.45) is 0.986. The highest BCUT2D eigenvalue weighted by Gasteiger charge is 2.30. The number of carbonyl (C=O) groups is 2. The SMILES string of the molecule is C[C@H]1CN(C(=O)c2ccc3c(Cl)cc(-c4ccc5nn(C)cc5c4)nc3c2)CCN1C(=O)O. The molecule has 2 aromatic carbocycles. The minimum absolute atomic E-state index is 0.145. The summed E-state index contributed by atoms with van der Waals surface area (Å²) in [5.41, 5.74) is 3.66. The van der Waals surface area contributed by atoms with Crippen molar-refractivity contribution in [3.63, 3.8) is 0 Å². The van der Waals surface area contributed by atoms with E-state index in [1.165, 1.54) is 4.90 Å². The molecule has 1 fully saturated rings. The Morgan fingerprint density at radius 3 is 2.67 bits per heavy atom. The van der Waals surface area contributed by atoms with Crippen molar-refractivity contribution in [2.45, 2.75) is 13.0 Å². The van der Waals surface area contributed by atoms with E-state index in [9.17, 15) is 14.7 Å². The highest BCUT2D eigenvalue weighted by Crippen LogP contribution is 2.30. The molecule has 1 saturated heterocycles. The topological polar surface area (TPSA) is 91.6 Å². The van der Waals surface area contributed by atoms with Crippen molar-refractivity contribution in [1.29, 1.82) is 0 Å². The normalized spacial score (nSPS) is 16.5. The number of carboxylic acid groups (broad SMARTS) is 1. The first kappa shape index (κ1) is 21.2. The van der Waals surface area contributed by atoms with E-state index in [0.29, 0.717) is 41.4 Å². The number of pyridine rings is 1. The number of aryl methyl sites for hydroxylation is 1. The number of nitrogens with zero attached hydrogens (tertiary/aromatic N) is 5. The van der Waals surface area contributed by atoms with Gasteiger partial charge in [-0.15, -0.1) is 0 Å². The van der Waals surface area contributed by atoms with Crippen LogP contribution in [0, 0.1) is 0 Å². The molecule has 0 bridgehead atoms. The molecule has 0 spiro atoms. The van der Waals surface area contributed by atoms with Crippen molar-refractivity contribution < 1.29 is 14.7 Å². The molecular formula is C24H22ClN5O3. The first-order chi connectivity index (χ1) is 15.8. The van der Waals surface area contributed by atoms with Crippen LogP contribution in [0.2, 0.25) is 5.02 Å². The maximum Gasteiger partial charge on any atom is 0.407 e. The van der Waals surface area contributed by atoms with Gasteiger partial charge in [0.05, 0.1) is 21.7 Å². The van der Waals surface area contributed by atoms with Gasteiger partial charge in [-0.2, -0.15) is 5.10 Å². The number of benzene rings is 2. The van der Waals surface area contributed by atoms with Gasteiger partial charge in [0.2, 0.25) is 0 Å². The summed E-state index contributed by atoms with van der Waals surface area (Å²) in [6, 6.07) is 12.8. The standard InChI is InChI=1S/C24H22ClN5O3/c1-14-12-29(7-8-30(14)24(32)33)23(31)16-3-5-18-19(25)11-21(26-22(18)10-16)15-4-6-20-17(9-15)13-28(2)27-20/h3-6,9-11,13-14H,7-8,12H2,1-2H3,(H,32,33)/t14-/m0/s1. The second kappa shape index (κ2) is 8.04. The van der Waals surface area contributed by atoms with Gasteiger partial charge < -0.3 is 14.9 Å². The van der Waals surface area contributed by atoms with Crippen LogP contribution in [-0.2, 0) is 7.05 Å². The fourth-order valence-electron chi connectivity index (χ4n) is 4.38. The van der Waals surface area contributed by atoms with Crippen molar-refractivity contribution in [1.82, 2.24) is 24.6 Å². The third-order valence-corrected chi connectivity index (χ3v) is 6.39. The van der Waals surface area contributed by atoms with Gasteiger partial charge in [0, 0.05) is 60.8 Å². The lowest BCUT2D eigenvalue weighted by Crippen LogP contribution is -2.55. The third kappa shape index (κ3) is 3.87. The van der Waals surface area contributed by atoms with Crippen molar-refractivity contribution in [3.05, 3.63) is 59.2 Å². The monoisotopic (exact) mass is 463 g/mol. The molecule has 1 aliphatic heterocycles. The van der Waals surface area contributed by atoms with Crippen LogP contribution < -0.4 is 0 Å². The molecule has 3 heterocycles. The fourth-order valence-corrected chi connectivity index (χ4v) is 4.65. The van der Waals surface area contributed by atoms with Crippen molar-refractivity contribution in [3.8, 4) is 11.3 Å². The highest BCUT2D eigenvalue weighted by atomic mass is 35.5. The Bertz CT molecular complexity index is 1420. The number of hydrogen-bond acceptors (Lipinski definition) is 4. The van der Waals surface area contributed by atoms with E-state index < -0.39 is 6.09 Å². The molecule has 0 saturated carbocycles. The Hall–Kier alpha value is -3.65. The molecule has 168 valence electrons. The second-order valence-electron chi connectivity index (χ2n) is 8.37. The van der Waals surface area contributed by atoms with Gasteiger partial charge in [0.25, 0.3) is 5.91 Å². The zero-order chi connectivity index (χ0) is 23.3. The summed E-state index contributed by atoms with van der Waals surface area (Å²) < 4.78 is 1.77. The van der Waals surface area contributed by atoms with Crippen LogP contribution in [0.4, 0.5) is 4.79 Å². The predicted molar refractivity (Wildman–Crippen MR) is 127 cm³/mol. The van der Waals surface area contributed by atoms with Crippen molar-refractivity contribution in [2.75, 3.05) is 19.6 Å². The van der Waals surface area contributed by atoms with Crippen LogP contribution >= 0.6 is 11.6 Å². The fraction of sp³-hybridized carbons (Fsp3) is 0.250. The molecule has 0 unspecified atom stereocenters. The molecule has 0 radical (unpaired) electrons. The van der Waals surface area contributed by atoms with Gasteiger partial charge >= 0.3 is 6.09 Å². The molecule has 1 atom stereocenters. The average Bonchev–Trinajstić information content (AvgIpc) is 3.17. The van der Waals surface area contributed by atoms with Crippen molar-refractivity contribution in [2.24, 2.45) is 7.05 Å². The minimum Gasteiger partial charge on any atom is -0.465 e. The number of amides is 2. The lowest BCUT2D eigenvalue weighted by molar-refractivity contribution is 0.0507. The maximum absolute atomic E-state index is 13.1. The van der Waals surface area contributed by atoms with E-state index in [1.54, 1.807) is 28.6 Å². The molecule has 2 amide bonds.